The van der Waals surface area contributed by atoms with Gasteiger partial charge in [0.1, 0.15) is 35.2 Å². The van der Waals surface area contributed by atoms with Crippen molar-refractivity contribution in [3.63, 3.8) is 0 Å². The van der Waals surface area contributed by atoms with Crippen molar-refractivity contribution in [2.24, 2.45) is 5.92 Å². The fourth-order valence-electron chi connectivity index (χ4n) is 7.17. The monoisotopic (exact) mass is 768 g/mol. The molecule has 2 saturated carbocycles. The Morgan fingerprint density at radius 2 is 1.89 bits per heavy atom. The smallest absolute Gasteiger partial charge is 0.317 e. The molecule has 3 fully saturated rings. The fourth-order valence-corrected chi connectivity index (χ4v) is 8.48. The molecule has 15 nitrogen and oxygen atoms in total. The number of urea groups is 1. The molecular formula is C38H52N6O9S. The Kier molecular flexibility index (Phi) is 10.8. The van der Waals surface area contributed by atoms with Crippen LogP contribution in [0.1, 0.15) is 84.1 Å². The molecule has 16 heteroatoms. The molecule has 0 unspecified atom stereocenters. The number of nitrogens with one attached hydrogen (secondary N) is 3. The molecule has 2 aromatic rings. The molecule has 294 valence electrons. The molecule has 1 saturated heterocycles. The van der Waals surface area contributed by atoms with Gasteiger partial charge >= 0.3 is 6.03 Å². The van der Waals surface area contributed by atoms with E-state index in [2.05, 4.69) is 20.3 Å². The number of aromatic hydroxyl groups is 1. The summed E-state index contributed by atoms with van der Waals surface area (Å²) in [6.45, 7) is 7.00. The van der Waals surface area contributed by atoms with E-state index in [-0.39, 0.29) is 37.1 Å². The fraction of sp³-hybridized carbons (Fsp3) is 0.605. The summed E-state index contributed by atoms with van der Waals surface area (Å²) in [5.41, 5.74) is -0.539. The van der Waals surface area contributed by atoms with Crippen molar-refractivity contribution in [3.8, 4) is 17.4 Å². The van der Waals surface area contributed by atoms with E-state index in [1.807, 2.05) is 26.0 Å². The van der Waals surface area contributed by atoms with Gasteiger partial charge in [0, 0.05) is 43.5 Å². The lowest BCUT2D eigenvalue weighted by atomic mass is 10.0. The second-order valence-corrected chi connectivity index (χ2v) is 18.0. The highest BCUT2D eigenvalue weighted by atomic mass is 32.2. The van der Waals surface area contributed by atoms with E-state index >= 15 is 0 Å². The van der Waals surface area contributed by atoms with Gasteiger partial charge < -0.3 is 35.0 Å². The third-order valence-corrected chi connectivity index (χ3v) is 13.1. The molecule has 5 atom stereocenters. The molecule has 2 aliphatic carbocycles. The number of phenolic OH excluding ortho intramolecular Hbond substituents is 1. The highest BCUT2D eigenvalue weighted by Gasteiger charge is 2.63. The summed E-state index contributed by atoms with van der Waals surface area (Å²) >= 11 is 0. The van der Waals surface area contributed by atoms with Gasteiger partial charge in [0.2, 0.25) is 27.7 Å². The van der Waals surface area contributed by atoms with Gasteiger partial charge in [-0.15, -0.1) is 0 Å². The highest BCUT2D eigenvalue weighted by Crippen LogP contribution is 2.47. The zero-order valence-corrected chi connectivity index (χ0v) is 32.6. The first-order chi connectivity index (χ1) is 25.4. The minimum Gasteiger partial charge on any atom is -0.508 e. The van der Waals surface area contributed by atoms with Crippen LogP contribution in [0.2, 0.25) is 0 Å². The predicted molar refractivity (Wildman–Crippen MR) is 200 cm³/mol. The lowest BCUT2D eigenvalue weighted by Crippen LogP contribution is -2.59. The first-order valence-corrected chi connectivity index (χ1v) is 20.2. The van der Waals surface area contributed by atoms with Gasteiger partial charge in [0.05, 0.1) is 22.9 Å². The normalized spacial score (nSPS) is 27.4. The minimum absolute atomic E-state index is 0.0260. The van der Waals surface area contributed by atoms with Gasteiger partial charge in [-0.1, -0.05) is 25.0 Å². The molecule has 4 aliphatic rings. The number of carbonyl (C=O) groups excluding carboxylic acids is 4. The second-order valence-electron chi connectivity index (χ2n) is 15.8. The lowest BCUT2D eigenvalue weighted by Gasteiger charge is -2.30. The first kappa shape index (κ1) is 39.1. The number of hydrogen-bond acceptors (Lipinski definition) is 10. The molecule has 0 bridgehead atoms. The molecular weight excluding hydrogens is 717 g/mol. The Hall–Kier alpha value is -4.60. The Balaban J connectivity index is 1.35. The molecule has 1 aromatic heterocycles. The number of benzene rings is 1. The van der Waals surface area contributed by atoms with Crippen molar-refractivity contribution >= 4 is 44.7 Å². The summed E-state index contributed by atoms with van der Waals surface area (Å²) in [6, 6.07) is 2.34. The van der Waals surface area contributed by atoms with Crippen LogP contribution in [0.5, 0.6) is 17.4 Å². The van der Waals surface area contributed by atoms with E-state index in [1.165, 1.54) is 15.9 Å². The molecule has 5 amide bonds. The van der Waals surface area contributed by atoms with E-state index in [1.54, 1.807) is 40.1 Å². The number of phenols is 1. The van der Waals surface area contributed by atoms with Crippen molar-refractivity contribution in [1.82, 2.24) is 30.1 Å². The number of pyridine rings is 1. The van der Waals surface area contributed by atoms with Gasteiger partial charge in [-0.05, 0) is 78.4 Å². The largest absolute Gasteiger partial charge is 0.508 e. The van der Waals surface area contributed by atoms with E-state index < -0.39 is 68.2 Å². The standard InChI is InChI=1S/C38H52N6O9S/c1-22(2)52-31-19-30(26-14-15-29(45)23(3)32(26)40-31)53-25-18-28-33(46)41-38(35(48)42-54(50,51)37(4)16-17-37)20-24(38)12-10-8-7-9-11-13-27(34(47)44(28)21-25)39-36(49)43(5)6/h10,12,14-15,19,22,24-25,27-28,45H,7-9,11,13,16-18,20-21H2,1-6H3,(H,39,49)(H,41,46)(H,42,48)/b12-10-/t24-,25-,27+,28+,38-/m1/s1. The zero-order valence-electron chi connectivity index (χ0n) is 31.8. The van der Waals surface area contributed by atoms with E-state index in [4.69, 9.17) is 9.47 Å². The first-order valence-electron chi connectivity index (χ1n) is 18.7. The number of amides is 5. The number of sulfonamides is 1. The van der Waals surface area contributed by atoms with E-state index in [0.29, 0.717) is 54.3 Å². The third kappa shape index (κ3) is 7.94. The zero-order chi connectivity index (χ0) is 39.2. The lowest BCUT2D eigenvalue weighted by molar-refractivity contribution is -0.141. The van der Waals surface area contributed by atoms with Crippen molar-refractivity contribution < 1.29 is 42.2 Å². The van der Waals surface area contributed by atoms with Crippen LogP contribution in [-0.2, 0) is 24.4 Å². The quantitative estimate of drug-likeness (QED) is 0.289. The maximum absolute atomic E-state index is 14.5. The van der Waals surface area contributed by atoms with Crippen molar-refractivity contribution in [3.05, 3.63) is 35.9 Å². The predicted octanol–water partition coefficient (Wildman–Crippen LogP) is 3.42. The number of carbonyl (C=O) groups is 4. The third-order valence-electron chi connectivity index (χ3n) is 11.0. The molecule has 1 aromatic carbocycles. The maximum Gasteiger partial charge on any atom is 0.317 e. The van der Waals surface area contributed by atoms with Gasteiger partial charge in [-0.25, -0.2) is 18.2 Å². The van der Waals surface area contributed by atoms with Gasteiger partial charge in [0.15, 0.2) is 0 Å². The van der Waals surface area contributed by atoms with E-state index in [0.717, 1.165) is 12.8 Å². The molecule has 4 N–H and O–H groups in total. The highest BCUT2D eigenvalue weighted by molar-refractivity contribution is 7.91. The number of hydrogen-bond donors (Lipinski definition) is 4. The summed E-state index contributed by atoms with van der Waals surface area (Å²) in [4.78, 5) is 63.0. The van der Waals surface area contributed by atoms with Crippen LogP contribution >= 0.6 is 0 Å². The Morgan fingerprint density at radius 1 is 1.15 bits per heavy atom. The summed E-state index contributed by atoms with van der Waals surface area (Å²) in [6.07, 6.45) is 7.22. The molecule has 2 aliphatic heterocycles. The van der Waals surface area contributed by atoms with Crippen molar-refractivity contribution in [1.29, 1.82) is 0 Å². The Bertz CT molecular complexity index is 1960. The van der Waals surface area contributed by atoms with Crippen LogP contribution in [0.15, 0.2) is 30.4 Å². The van der Waals surface area contributed by atoms with Crippen LogP contribution in [0.4, 0.5) is 4.79 Å². The number of aromatic nitrogens is 1. The second kappa shape index (κ2) is 14.9. The molecule has 6 rings (SSSR count). The topological polar surface area (TPSA) is 197 Å². The average molecular weight is 769 g/mol. The van der Waals surface area contributed by atoms with E-state index in [9.17, 15) is 32.7 Å². The number of nitrogens with zero attached hydrogens (tertiary/aromatic N) is 3. The molecule has 0 spiro atoms. The Labute approximate surface area is 316 Å². The molecule has 0 radical (unpaired) electrons. The minimum atomic E-state index is -4.00. The van der Waals surface area contributed by atoms with Crippen LogP contribution in [0, 0.1) is 12.8 Å². The van der Waals surface area contributed by atoms with Gasteiger partial charge in [0.25, 0.3) is 5.91 Å². The molecule has 3 heterocycles. The van der Waals surface area contributed by atoms with Crippen LogP contribution in [0.3, 0.4) is 0 Å². The average Bonchev–Trinajstić information content (AvgIpc) is 3.98. The Morgan fingerprint density at radius 3 is 2.57 bits per heavy atom. The van der Waals surface area contributed by atoms with Crippen LogP contribution in [0.25, 0.3) is 10.9 Å². The van der Waals surface area contributed by atoms with Gasteiger partial charge in [-0.2, -0.15) is 0 Å². The maximum atomic E-state index is 14.5. The summed E-state index contributed by atoms with van der Waals surface area (Å²) in [5.74, 6) is -1.66. The summed E-state index contributed by atoms with van der Waals surface area (Å²) in [7, 11) is -0.843. The molecule has 54 heavy (non-hydrogen) atoms. The summed E-state index contributed by atoms with van der Waals surface area (Å²) in [5, 5.41) is 16.8. The number of aryl methyl sites for hydroxylation is 1. The van der Waals surface area contributed by atoms with Crippen molar-refractivity contribution in [2.75, 3.05) is 20.6 Å². The van der Waals surface area contributed by atoms with Gasteiger partial charge in [-0.3, -0.25) is 19.1 Å². The van der Waals surface area contributed by atoms with Crippen LogP contribution in [-0.4, -0.2) is 107 Å². The SMILES string of the molecule is Cc1c(O)ccc2c(O[C@@H]3C[C@H]4C(=O)N[C@]5(C(=O)NS(=O)(=O)C6(C)CC6)C[C@H]5/C=C\CCCCC[C@H](NC(=O)N(C)C)C(=O)N4C3)cc(OC(C)C)nc12. The summed E-state index contributed by atoms with van der Waals surface area (Å²) < 4.78 is 40.0. The number of ether oxygens (including phenoxy) is 2. The van der Waals surface area contributed by atoms with Crippen LogP contribution < -0.4 is 24.8 Å². The number of allylic oxidation sites excluding steroid dienone is 1. The number of rotatable bonds is 8. The number of fused-ring (bicyclic) bond motifs is 3. The van der Waals surface area contributed by atoms with Crippen molar-refractivity contribution in [2.45, 2.75) is 120 Å².